The summed E-state index contributed by atoms with van der Waals surface area (Å²) >= 11 is 1.72. The standard InChI is InChI=1S/C17H27N3OS.ClH/c1-13-10-15(19-17(21)16(18)8-9-22-2)12-20(13)11-14-6-4-3-5-7-14;/h3-7,13,15-16H,8-12,18H2,1-2H3,(H,19,21);1H/t13?,15?,16-;/m0./s1. The molecule has 1 aliphatic rings. The van der Waals surface area contributed by atoms with Gasteiger partial charge in [0.05, 0.1) is 6.04 Å². The fourth-order valence-electron chi connectivity index (χ4n) is 2.93. The van der Waals surface area contributed by atoms with Gasteiger partial charge in [0.2, 0.25) is 5.91 Å². The number of hydrogen-bond acceptors (Lipinski definition) is 4. The number of amides is 1. The lowest BCUT2D eigenvalue weighted by Gasteiger charge is -2.21. The second-order valence-corrected chi connectivity index (χ2v) is 7.08. The summed E-state index contributed by atoms with van der Waals surface area (Å²) in [5, 5.41) is 3.12. The van der Waals surface area contributed by atoms with E-state index in [9.17, 15) is 4.79 Å². The molecule has 1 fully saturated rings. The molecule has 0 aromatic heterocycles. The Morgan fingerprint density at radius 1 is 1.43 bits per heavy atom. The Labute approximate surface area is 150 Å². The van der Waals surface area contributed by atoms with E-state index in [2.05, 4.69) is 41.4 Å². The number of halogens is 1. The Morgan fingerprint density at radius 3 is 2.78 bits per heavy atom. The molecule has 3 atom stereocenters. The minimum absolute atomic E-state index is 0. The molecule has 0 saturated carbocycles. The molecule has 0 bridgehead atoms. The Kier molecular flexibility index (Phi) is 8.99. The second-order valence-electron chi connectivity index (χ2n) is 6.09. The minimum Gasteiger partial charge on any atom is -0.351 e. The van der Waals surface area contributed by atoms with Crippen LogP contribution in [0, 0.1) is 0 Å². The topological polar surface area (TPSA) is 58.4 Å². The zero-order valence-corrected chi connectivity index (χ0v) is 15.5. The maximum atomic E-state index is 12.1. The van der Waals surface area contributed by atoms with Crippen LogP contribution in [0.1, 0.15) is 25.3 Å². The third-order valence-corrected chi connectivity index (χ3v) is 4.89. The highest BCUT2D eigenvalue weighted by Gasteiger charge is 2.30. The van der Waals surface area contributed by atoms with E-state index in [1.807, 2.05) is 12.3 Å². The summed E-state index contributed by atoms with van der Waals surface area (Å²) in [5.41, 5.74) is 7.25. The maximum absolute atomic E-state index is 12.1. The third-order valence-electron chi connectivity index (χ3n) is 4.25. The second kappa shape index (κ2) is 10.2. The lowest BCUT2D eigenvalue weighted by molar-refractivity contribution is -0.123. The minimum atomic E-state index is -0.383. The number of hydrogen-bond donors (Lipinski definition) is 2. The maximum Gasteiger partial charge on any atom is 0.237 e. The van der Waals surface area contributed by atoms with E-state index in [1.54, 1.807) is 11.8 Å². The first-order chi connectivity index (χ1) is 10.6. The van der Waals surface area contributed by atoms with E-state index in [4.69, 9.17) is 5.73 Å². The fourth-order valence-corrected chi connectivity index (χ4v) is 3.42. The van der Waals surface area contributed by atoms with Crippen molar-refractivity contribution in [3.8, 4) is 0 Å². The van der Waals surface area contributed by atoms with Crippen LogP contribution in [0.5, 0.6) is 0 Å². The van der Waals surface area contributed by atoms with Gasteiger partial charge in [0.1, 0.15) is 0 Å². The molecule has 23 heavy (non-hydrogen) atoms. The van der Waals surface area contributed by atoms with Crippen LogP contribution < -0.4 is 11.1 Å². The molecule has 6 heteroatoms. The lowest BCUT2D eigenvalue weighted by atomic mass is 10.1. The van der Waals surface area contributed by atoms with Gasteiger partial charge in [-0.15, -0.1) is 12.4 Å². The van der Waals surface area contributed by atoms with Crippen LogP contribution in [-0.4, -0.2) is 47.5 Å². The molecule has 1 amide bonds. The quantitative estimate of drug-likeness (QED) is 0.786. The number of nitrogens with one attached hydrogen (secondary N) is 1. The molecule has 1 aromatic carbocycles. The Bertz CT molecular complexity index is 474. The number of likely N-dealkylation sites (tertiary alicyclic amines) is 1. The van der Waals surface area contributed by atoms with Crippen LogP contribution >= 0.6 is 24.2 Å². The smallest absolute Gasteiger partial charge is 0.237 e. The highest BCUT2D eigenvalue weighted by atomic mass is 35.5. The van der Waals surface area contributed by atoms with E-state index in [1.165, 1.54) is 5.56 Å². The zero-order valence-electron chi connectivity index (χ0n) is 13.9. The van der Waals surface area contributed by atoms with E-state index < -0.39 is 0 Å². The van der Waals surface area contributed by atoms with Crippen molar-refractivity contribution in [1.29, 1.82) is 0 Å². The Morgan fingerprint density at radius 2 is 2.13 bits per heavy atom. The number of thioether (sulfide) groups is 1. The van der Waals surface area contributed by atoms with Crippen LogP contribution in [0.2, 0.25) is 0 Å². The first-order valence-electron chi connectivity index (χ1n) is 7.93. The van der Waals surface area contributed by atoms with Gasteiger partial charge in [0.25, 0.3) is 0 Å². The molecule has 1 heterocycles. The fraction of sp³-hybridized carbons (Fsp3) is 0.588. The van der Waals surface area contributed by atoms with E-state index in [-0.39, 0.29) is 30.4 Å². The molecule has 4 nitrogen and oxygen atoms in total. The van der Waals surface area contributed by atoms with Crippen molar-refractivity contribution < 1.29 is 4.79 Å². The molecule has 0 radical (unpaired) electrons. The number of benzene rings is 1. The van der Waals surface area contributed by atoms with E-state index in [0.717, 1.165) is 31.7 Å². The summed E-state index contributed by atoms with van der Waals surface area (Å²) in [4.78, 5) is 14.5. The van der Waals surface area contributed by atoms with E-state index in [0.29, 0.717) is 6.04 Å². The monoisotopic (exact) mass is 357 g/mol. The number of rotatable bonds is 7. The van der Waals surface area contributed by atoms with Crippen LogP contribution in [0.15, 0.2) is 30.3 Å². The number of carbonyl (C=O) groups is 1. The van der Waals surface area contributed by atoms with Gasteiger partial charge in [-0.1, -0.05) is 30.3 Å². The predicted octanol–water partition coefficient (Wildman–Crippen LogP) is 2.27. The molecule has 130 valence electrons. The normalized spacial score (nSPS) is 22.4. The molecule has 2 rings (SSSR count). The largest absolute Gasteiger partial charge is 0.351 e. The van der Waals surface area contributed by atoms with Gasteiger partial charge >= 0.3 is 0 Å². The summed E-state index contributed by atoms with van der Waals surface area (Å²) in [6, 6.07) is 10.8. The average Bonchev–Trinajstić information content (AvgIpc) is 2.85. The van der Waals surface area contributed by atoms with Crippen molar-refractivity contribution in [2.45, 2.75) is 44.4 Å². The van der Waals surface area contributed by atoms with Crippen molar-refractivity contribution in [3.05, 3.63) is 35.9 Å². The Hall–Kier alpha value is -0.750. The van der Waals surface area contributed by atoms with Gasteiger partial charge in [0, 0.05) is 25.2 Å². The number of nitrogens with zero attached hydrogens (tertiary/aromatic N) is 1. The van der Waals surface area contributed by atoms with E-state index >= 15 is 0 Å². The number of carbonyl (C=O) groups excluding carboxylic acids is 1. The SMILES string of the molecule is CSCC[C@H](N)C(=O)NC1CC(C)N(Cc2ccccc2)C1.Cl. The van der Waals surface area contributed by atoms with Crippen LogP contribution in [0.3, 0.4) is 0 Å². The molecule has 1 saturated heterocycles. The van der Waals surface area contributed by atoms with Gasteiger partial charge in [-0.05, 0) is 37.3 Å². The van der Waals surface area contributed by atoms with Gasteiger partial charge < -0.3 is 11.1 Å². The molecule has 0 aliphatic carbocycles. The third kappa shape index (κ3) is 6.34. The van der Waals surface area contributed by atoms with Crippen molar-refractivity contribution in [2.24, 2.45) is 5.73 Å². The van der Waals surface area contributed by atoms with Gasteiger partial charge in [-0.3, -0.25) is 9.69 Å². The molecule has 0 spiro atoms. The average molecular weight is 358 g/mol. The van der Waals surface area contributed by atoms with Crippen molar-refractivity contribution in [2.75, 3.05) is 18.6 Å². The highest BCUT2D eigenvalue weighted by Crippen LogP contribution is 2.20. The highest BCUT2D eigenvalue weighted by molar-refractivity contribution is 7.98. The number of nitrogens with two attached hydrogens (primary N) is 1. The molecule has 3 N–H and O–H groups in total. The first kappa shape index (κ1) is 20.3. The summed E-state index contributed by atoms with van der Waals surface area (Å²) in [5.74, 6) is 0.920. The summed E-state index contributed by atoms with van der Waals surface area (Å²) in [6.07, 6.45) is 3.77. The molecule has 1 aliphatic heterocycles. The zero-order chi connectivity index (χ0) is 15.9. The molecular weight excluding hydrogens is 330 g/mol. The van der Waals surface area contributed by atoms with Crippen LogP contribution in [0.25, 0.3) is 0 Å². The summed E-state index contributed by atoms with van der Waals surface area (Å²) < 4.78 is 0. The van der Waals surface area contributed by atoms with Gasteiger partial charge in [0.15, 0.2) is 0 Å². The van der Waals surface area contributed by atoms with Gasteiger partial charge in [-0.2, -0.15) is 11.8 Å². The van der Waals surface area contributed by atoms with Crippen molar-refractivity contribution >= 4 is 30.1 Å². The van der Waals surface area contributed by atoms with Gasteiger partial charge in [-0.25, -0.2) is 0 Å². The van der Waals surface area contributed by atoms with Crippen molar-refractivity contribution in [1.82, 2.24) is 10.2 Å². The molecular formula is C17H28ClN3OS. The van der Waals surface area contributed by atoms with Crippen LogP contribution in [0.4, 0.5) is 0 Å². The summed E-state index contributed by atoms with van der Waals surface area (Å²) in [6.45, 7) is 4.06. The lowest BCUT2D eigenvalue weighted by Crippen LogP contribution is -2.46. The molecule has 1 aromatic rings. The first-order valence-corrected chi connectivity index (χ1v) is 9.32. The Balaban J connectivity index is 0.00000264. The van der Waals surface area contributed by atoms with Crippen molar-refractivity contribution in [3.63, 3.8) is 0 Å². The molecule has 2 unspecified atom stereocenters. The van der Waals surface area contributed by atoms with Crippen LogP contribution in [-0.2, 0) is 11.3 Å². The summed E-state index contributed by atoms with van der Waals surface area (Å²) in [7, 11) is 0. The predicted molar refractivity (Wildman–Crippen MR) is 101 cm³/mol.